The van der Waals surface area contributed by atoms with Crippen LogP contribution in [0.5, 0.6) is 0 Å². The molecule has 148 valence electrons. The van der Waals surface area contributed by atoms with Gasteiger partial charge in [0.1, 0.15) is 0 Å². The normalized spacial score (nSPS) is 12.7. The molecule has 30 heavy (non-hydrogen) atoms. The number of aromatic nitrogens is 1. The van der Waals surface area contributed by atoms with Crippen LogP contribution in [-0.4, -0.2) is 4.98 Å². The third kappa shape index (κ3) is 2.67. The molecule has 0 radical (unpaired) electrons. The van der Waals surface area contributed by atoms with Gasteiger partial charge in [-0.05, 0) is 71.1 Å². The van der Waals surface area contributed by atoms with E-state index in [2.05, 4.69) is 75.5 Å². The van der Waals surface area contributed by atoms with Crippen molar-refractivity contribution in [3.05, 3.63) is 64.5 Å². The minimum atomic E-state index is 0.0908. The van der Waals surface area contributed by atoms with Gasteiger partial charge in [-0.2, -0.15) is 0 Å². The molecule has 0 spiro atoms. The number of hydrogen-bond acceptors (Lipinski definition) is 4. The van der Waals surface area contributed by atoms with E-state index in [1.54, 1.807) is 0 Å². The van der Waals surface area contributed by atoms with Gasteiger partial charge in [-0.25, -0.2) is 0 Å². The van der Waals surface area contributed by atoms with Crippen LogP contribution < -0.4 is 0 Å². The summed E-state index contributed by atoms with van der Waals surface area (Å²) in [5.41, 5.74) is 3.82. The average molecular weight is 444 g/mol. The van der Waals surface area contributed by atoms with E-state index in [1.807, 2.05) is 40.2 Å². The van der Waals surface area contributed by atoms with Crippen molar-refractivity contribution in [2.45, 2.75) is 33.1 Å². The summed E-state index contributed by atoms with van der Waals surface area (Å²) in [4.78, 5) is 6.25. The highest BCUT2D eigenvalue weighted by Crippen LogP contribution is 2.45. The summed E-state index contributed by atoms with van der Waals surface area (Å²) >= 11 is 5.59. The third-order valence-corrected chi connectivity index (χ3v) is 8.96. The molecule has 4 aromatic heterocycles. The van der Waals surface area contributed by atoms with Gasteiger partial charge in [-0.15, -0.1) is 34.0 Å². The SMILES string of the molecule is Cc1cc2c(ccc3sc4c(-c5cc(C(C)(C)C)c6sccc6c5)nccc4c32)s1. The fraction of sp³-hybridized carbons (Fsp3) is 0.192. The Morgan fingerprint density at radius 1 is 0.833 bits per heavy atom. The standard InChI is InChI=1S/C26H21NS3/c1-14-11-18-20(29-14)5-6-21-22(18)17-7-9-27-23(25(17)30-21)16-12-15-8-10-28-24(15)19(13-16)26(2,3)4/h5-13H,1-4H3. The van der Waals surface area contributed by atoms with Crippen molar-refractivity contribution < 1.29 is 0 Å². The van der Waals surface area contributed by atoms with E-state index >= 15 is 0 Å². The largest absolute Gasteiger partial charge is 0.255 e. The smallest absolute Gasteiger partial charge is 0.0880 e. The lowest BCUT2D eigenvalue weighted by molar-refractivity contribution is 0.597. The molecule has 0 aliphatic carbocycles. The van der Waals surface area contributed by atoms with Crippen molar-refractivity contribution in [3.63, 3.8) is 0 Å². The first-order valence-corrected chi connectivity index (χ1v) is 12.6. The fourth-order valence-electron chi connectivity index (χ4n) is 4.42. The molecule has 1 nitrogen and oxygen atoms in total. The van der Waals surface area contributed by atoms with Crippen molar-refractivity contribution in [3.8, 4) is 11.3 Å². The van der Waals surface area contributed by atoms with Gasteiger partial charge in [0.05, 0.1) is 10.4 Å². The summed E-state index contributed by atoms with van der Waals surface area (Å²) in [5, 5.41) is 7.60. The van der Waals surface area contributed by atoms with Crippen LogP contribution >= 0.6 is 34.0 Å². The highest BCUT2D eigenvalue weighted by molar-refractivity contribution is 7.27. The van der Waals surface area contributed by atoms with E-state index in [4.69, 9.17) is 4.98 Å². The Labute approximate surface area is 187 Å². The summed E-state index contributed by atoms with van der Waals surface area (Å²) < 4.78 is 5.40. The Morgan fingerprint density at radius 3 is 2.50 bits per heavy atom. The quantitative estimate of drug-likeness (QED) is 0.247. The van der Waals surface area contributed by atoms with Crippen LogP contribution in [0.2, 0.25) is 0 Å². The molecule has 0 amide bonds. The Morgan fingerprint density at radius 2 is 1.67 bits per heavy atom. The molecule has 6 rings (SSSR count). The van der Waals surface area contributed by atoms with Crippen molar-refractivity contribution in [1.29, 1.82) is 0 Å². The van der Waals surface area contributed by atoms with Crippen LogP contribution in [0, 0.1) is 6.92 Å². The molecule has 6 aromatic rings. The number of fused-ring (bicyclic) bond motifs is 6. The van der Waals surface area contributed by atoms with E-state index < -0.39 is 0 Å². The van der Waals surface area contributed by atoms with E-state index in [0.717, 1.165) is 5.69 Å². The monoisotopic (exact) mass is 443 g/mol. The minimum Gasteiger partial charge on any atom is -0.255 e. The van der Waals surface area contributed by atoms with Crippen LogP contribution in [0.15, 0.2) is 54.0 Å². The number of rotatable bonds is 1. The number of pyridine rings is 1. The van der Waals surface area contributed by atoms with Gasteiger partial charge >= 0.3 is 0 Å². The molecule has 0 aliphatic heterocycles. The van der Waals surface area contributed by atoms with Crippen molar-refractivity contribution in [1.82, 2.24) is 4.98 Å². The number of aryl methyl sites for hydroxylation is 1. The van der Waals surface area contributed by atoms with E-state index in [0.29, 0.717) is 0 Å². The van der Waals surface area contributed by atoms with E-state index in [9.17, 15) is 0 Å². The zero-order chi connectivity index (χ0) is 20.6. The molecular formula is C26H21NS3. The molecular weight excluding hydrogens is 422 g/mol. The van der Waals surface area contributed by atoms with Gasteiger partial charge in [-0.3, -0.25) is 4.98 Å². The molecule has 0 saturated heterocycles. The number of thiophene rings is 3. The van der Waals surface area contributed by atoms with Gasteiger partial charge in [0, 0.05) is 46.9 Å². The molecule has 0 unspecified atom stereocenters. The second kappa shape index (κ2) is 6.36. The number of hydrogen-bond donors (Lipinski definition) is 0. The van der Waals surface area contributed by atoms with Crippen LogP contribution in [-0.2, 0) is 5.41 Å². The molecule has 4 heteroatoms. The van der Waals surface area contributed by atoms with E-state index in [1.165, 1.54) is 56.3 Å². The van der Waals surface area contributed by atoms with Gasteiger partial charge < -0.3 is 0 Å². The second-order valence-electron chi connectivity index (χ2n) is 8.96. The van der Waals surface area contributed by atoms with Gasteiger partial charge in [0.2, 0.25) is 0 Å². The van der Waals surface area contributed by atoms with Crippen molar-refractivity contribution in [2.75, 3.05) is 0 Å². The molecule has 2 aromatic carbocycles. The molecule has 0 N–H and O–H groups in total. The summed E-state index contributed by atoms with van der Waals surface area (Å²) in [6.07, 6.45) is 1.98. The number of benzene rings is 2. The molecule has 0 aliphatic rings. The zero-order valence-corrected chi connectivity index (χ0v) is 19.8. The first kappa shape index (κ1) is 18.5. The van der Waals surface area contributed by atoms with Gasteiger partial charge in [-0.1, -0.05) is 20.8 Å². The maximum atomic E-state index is 4.89. The Bertz CT molecular complexity index is 1590. The molecule has 0 atom stereocenters. The van der Waals surface area contributed by atoms with Crippen LogP contribution in [0.3, 0.4) is 0 Å². The fourth-order valence-corrected chi connectivity index (χ4v) is 7.68. The van der Waals surface area contributed by atoms with Crippen LogP contribution in [0.1, 0.15) is 31.2 Å². The average Bonchev–Trinajstić information content (AvgIpc) is 3.40. The predicted molar refractivity (Wildman–Crippen MR) is 137 cm³/mol. The summed E-state index contributed by atoms with van der Waals surface area (Å²) in [5.74, 6) is 0. The summed E-state index contributed by atoms with van der Waals surface area (Å²) in [7, 11) is 0. The second-order valence-corrected chi connectivity index (χ2v) is 12.2. The molecule has 0 bridgehead atoms. The van der Waals surface area contributed by atoms with Gasteiger partial charge in [0.25, 0.3) is 0 Å². The highest BCUT2D eigenvalue weighted by Gasteiger charge is 2.21. The maximum absolute atomic E-state index is 4.89. The van der Waals surface area contributed by atoms with Crippen molar-refractivity contribution >= 4 is 74.4 Å². The Hall–Kier alpha value is -2.27. The first-order valence-electron chi connectivity index (χ1n) is 10.1. The molecule has 0 fully saturated rings. The Balaban J connectivity index is 1.70. The zero-order valence-electron chi connectivity index (χ0n) is 17.4. The predicted octanol–water partition coefficient (Wildman–Crippen LogP) is 9.15. The van der Waals surface area contributed by atoms with Crippen LogP contribution in [0.25, 0.3) is 51.6 Å². The lowest BCUT2D eigenvalue weighted by atomic mass is 9.85. The first-order chi connectivity index (χ1) is 14.4. The molecule has 0 saturated carbocycles. The Kier molecular flexibility index (Phi) is 3.92. The topological polar surface area (TPSA) is 12.9 Å². The lowest BCUT2D eigenvalue weighted by Crippen LogP contribution is -2.11. The summed E-state index contributed by atoms with van der Waals surface area (Å²) in [6, 6.07) is 16.0. The van der Waals surface area contributed by atoms with Gasteiger partial charge in [0.15, 0.2) is 0 Å². The summed E-state index contributed by atoms with van der Waals surface area (Å²) in [6.45, 7) is 9.10. The minimum absolute atomic E-state index is 0.0908. The van der Waals surface area contributed by atoms with Crippen LogP contribution in [0.4, 0.5) is 0 Å². The van der Waals surface area contributed by atoms with E-state index in [-0.39, 0.29) is 5.41 Å². The highest BCUT2D eigenvalue weighted by atomic mass is 32.1. The lowest BCUT2D eigenvalue weighted by Gasteiger charge is -2.21. The maximum Gasteiger partial charge on any atom is 0.0880 e. The van der Waals surface area contributed by atoms with Crippen molar-refractivity contribution in [2.24, 2.45) is 0 Å². The third-order valence-electron chi connectivity index (χ3n) is 5.80. The molecule has 4 heterocycles. The number of nitrogens with zero attached hydrogens (tertiary/aromatic N) is 1.